The van der Waals surface area contributed by atoms with E-state index >= 15 is 0 Å². The third-order valence-electron chi connectivity index (χ3n) is 2.91. The first-order valence-electron chi connectivity index (χ1n) is 5.69. The van der Waals surface area contributed by atoms with Crippen LogP contribution >= 0.6 is 23.2 Å². The van der Waals surface area contributed by atoms with Crippen LogP contribution in [0.15, 0.2) is 12.3 Å². The number of hydrogen-bond donors (Lipinski definition) is 1. The van der Waals surface area contributed by atoms with E-state index in [0.29, 0.717) is 16.6 Å². The monoisotopic (exact) mass is 274 g/mol. The first-order valence-corrected chi connectivity index (χ1v) is 6.44. The quantitative estimate of drug-likeness (QED) is 0.907. The van der Waals surface area contributed by atoms with Crippen LogP contribution in [-0.4, -0.2) is 49.2 Å². The van der Waals surface area contributed by atoms with Crippen LogP contribution in [0.25, 0.3) is 0 Å². The highest BCUT2D eigenvalue weighted by atomic mass is 35.5. The smallest absolute Gasteiger partial charge is 0.147 e. The molecule has 0 unspecified atom stereocenters. The molecule has 1 aromatic rings. The molecule has 4 nitrogen and oxygen atoms in total. The van der Waals surface area contributed by atoms with Gasteiger partial charge < -0.3 is 10.6 Å². The van der Waals surface area contributed by atoms with Crippen molar-refractivity contribution in [1.82, 2.24) is 9.88 Å². The van der Waals surface area contributed by atoms with Gasteiger partial charge >= 0.3 is 0 Å². The molecule has 0 aliphatic carbocycles. The number of aromatic nitrogens is 1. The number of hydrogen-bond acceptors (Lipinski definition) is 4. The molecule has 6 heteroatoms. The second-order valence-corrected chi connectivity index (χ2v) is 4.92. The maximum Gasteiger partial charge on any atom is 0.147 e. The lowest BCUT2D eigenvalue weighted by Crippen LogP contribution is -2.48. The number of nitrogens with two attached hydrogens (primary N) is 1. The molecule has 94 valence electrons. The molecule has 0 amide bonds. The molecule has 0 aromatic carbocycles. The van der Waals surface area contributed by atoms with Gasteiger partial charge in [-0.15, -0.1) is 0 Å². The van der Waals surface area contributed by atoms with E-state index in [4.69, 9.17) is 28.9 Å². The number of nitrogens with zero attached hydrogens (tertiary/aromatic N) is 3. The van der Waals surface area contributed by atoms with Gasteiger partial charge in [0, 0.05) is 45.5 Å². The van der Waals surface area contributed by atoms with Crippen LogP contribution in [0.1, 0.15) is 0 Å². The van der Waals surface area contributed by atoms with Gasteiger partial charge in [-0.3, -0.25) is 4.90 Å². The molecule has 2 rings (SSSR count). The molecule has 2 N–H and O–H groups in total. The van der Waals surface area contributed by atoms with Crippen molar-refractivity contribution in [1.29, 1.82) is 0 Å². The van der Waals surface area contributed by atoms with Crippen molar-refractivity contribution in [2.75, 3.05) is 44.2 Å². The Morgan fingerprint density at radius 3 is 2.53 bits per heavy atom. The van der Waals surface area contributed by atoms with Gasteiger partial charge in [-0.25, -0.2) is 4.98 Å². The molecule has 0 bridgehead atoms. The molecule has 1 aliphatic rings. The summed E-state index contributed by atoms with van der Waals surface area (Å²) in [6, 6.07) is 1.73. The largest absolute Gasteiger partial charge is 0.353 e. The SMILES string of the molecule is NCCN1CCN(c2ncc(Cl)cc2Cl)CC1. The van der Waals surface area contributed by atoms with E-state index in [2.05, 4.69) is 14.8 Å². The van der Waals surface area contributed by atoms with Crippen molar-refractivity contribution in [3.8, 4) is 0 Å². The lowest BCUT2D eigenvalue weighted by atomic mass is 10.3. The Hall–Kier alpha value is -0.550. The van der Waals surface area contributed by atoms with E-state index in [1.165, 1.54) is 0 Å². The minimum absolute atomic E-state index is 0.570. The van der Waals surface area contributed by atoms with Gasteiger partial charge in [0.1, 0.15) is 5.82 Å². The average molecular weight is 275 g/mol. The number of pyridine rings is 1. The average Bonchev–Trinajstić information content (AvgIpc) is 2.31. The molecule has 0 radical (unpaired) electrons. The van der Waals surface area contributed by atoms with Gasteiger partial charge in [0.25, 0.3) is 0 Å². The van der Waals surface area contributed by atoms with Crippen LogP contribution in [0.2, 0.25) is 10.0 Å². The molecule has 1 fully saturated rings. The van der Waals surface area contributed by atoms with Crippen molar-refractivity contribution >= 4 is 29.0 Å². The van der Waals surface area contributed by atoms with Crippen molar-refractivity contribution in [3.63, 3.8) is 0 Å². The fourth-order valence-corrected chi connectivity index (χ4v) is 2.51. The van der Waals surface area contributed by atoms with Crippen LogP contribution in [-0.2, 0) is 0 Å². The maximum atomic E-state index is 6.14. The summed E-state index contributed by atoms with van der Waals surface area (Å²) < 4.78 is 0. The lowest BCUT2D eigenvalue weighted by molar-refractivity contribution is 0.264. The van der Waals surface area contributed by atoms with Gasteiger partial charge in [0.15, 0.2) is 0 Å². The predicted molar refractivity (Wildman–Crippen MR) is 72.0 cm³/mol. The topological polar surface area (TPSA) is 45.4 Å². The van der Waals surface area contributed by atoms with Crippen LogP contribution in [0.4, 0.5) is 5.82 Å². The summed E-state index contributed by atoms with van der Waals surface area (Å²) in [6.45, 7) is 5.51. The predicted octanol–water partition coefficient (Wildman–Crippen LogP) is 1.47. The highest BCUT2D eigenvalue weighted by Gasteiger charge is 2.19. The molecule has 0 saturated carbocycles. The Labute approximate surface area is 111 Å². The Kier molecular flexibility index (Phi) is 4.45. The second kappa shape index (κ2) is 5.87. The van der Waals surface area contributed by atoms with E-state index < -0.39 is 0 Å². The lowest BCUT2D eigenvalue weighted by Gasteiger charge is -2.35. The normalized spacial score (nSPS) is 17.5. The Morgan fingerprint density at radius 2 is 1.94 bits per heavy atom. The molecular formula is C11H16Cl2N4. The van der Waals surface area contributed by atoms with Crippen molar-refractivity contribution in [3.05, 3.63) is 22.3 Å². The Morgan fingerprint density at radius 1 is 1.24 bits per heavy atom. The summed E-state index contributed by atoms with van der Waals surface area (Å²) in [4.78, 5) is 8.83. The molecule has 0 atom stereocenters. The highest BCUT2D eigenvalue weighted by molar-refractivity contribution is 6.36. The summed E-state index contributed by atoms with van der Waals surface area (Å²) in [5, 5.41) is 1.19. The third-order valence-corrected chi connectivity index (χ3v) is 3.39. The first-order chi connectivity index (χ1) is 8.20. The summed E-state index contributed by atoms with van der Waals surface area (Å²) in [5.74, 6) is 0.823. The highest BCUT2D eigenvalue weighted by Crippen LogP contribution is 2.26. The number of rotatable bonds is 3. The van der Waals surface area contributed by atoms with Crippen LogP contribution in [0.3, 0.4) is 0 Å². The van der Waals surface area contributed by atoms with Crippen molar-refractivity contribution in [2.45, 2.75) is 0 Å². The Bertz CT molecular complexity index is 378. The molecular weight excluding hydrogens is 259 g/mol. The summed E-state index contributed by atoms with van der Waals surface area (Å²) in [5.41, 5.74) is 5.54. The molecule has 1 aromatic heterocycles. The number of anilines is 1. The fraction of sp³-hybridized carbons (Fsp3) is 0.545. The standard InChI is InChI=1S/C11H16Cl2N4/c12-9-7-10(13)11(15-8-9)17-5-3-16(2-1-14)4-6-17/h7-8H,1-6,14H2. The molecule has 1 saturated heterocycles. The first kappa shape index (κ1) is 12.9. The fourth-order valence-electron chi connectivity index (χ4n) is 2.01. The van der Waals surface area contributed by atoms with Crippen molar-refractivity contribution in [2.24, 2.45) is 5.73 Å². The van der Waals surface area contributed by atoms with Gasteiger partial charge in [-0.2, -0.15) is 0 Å². The molecule has 17 heavy (non-hydrogen) atoms. The van der Waals surface area contributed by atoms with E-state index in [9.17, 15) is 0 Å². The summed E-state index contributed by atoms with van der Waals surface area (Å²) in [7, 11) is 0. The Balaban J connectivity index is 2.00. The number of piperazine rings is 1. The van der Waals surface area contributed by atoms with E-state index in [0.717, 1.165) is 38.5 Å². The van der Waals surface area contributed by atoms with E-state index in [1.54, 1.807) is 12.3 Å². The van der Waals surface area contributed by atoms with E-state index in [1.807, 2.05) is 0 Å². The zero-order valence-corrected chi connectivity index (χ0v) is 11.1. The zero-order chi connectivity index (χ0) is 12.3. The van der Waals surface area contributed by atoms with Gasteiger partial charge in [0.05, 0.1) is 10.0 Å². The van der Waals surface area contributed by atoms with Crippen molar-refractivity contribution < 1.29 is 0 Å². The number of halogens is 2. The molecule has 0 spiro atoms. The second-order valence-electron chi connectivity index (χ2n) is 4.08. The summed E-state index contributed by atoms with van der Waals surface area (Å²) in [6.07, 6.45) is 1.63. The maximum absolute atomic E-state index is 6.14. The van der Waals surface area contributed by atoms with Crippen LogP contribution in [0, 0.1) is 0 Å². The van der Waals surface area contributed by atoms with Gasteiger partial charge in [-0.05, 0) is 6.07 Å². The van der Waals surface area contributed by atoms with E-state index in [-0.39, 0.29) is 0 Å². The minimum Gasteiger partial charge on any atom is -0.353 e. The van der Waals surface area contributed by atoms with Crippen LogP contribution < -0.4 is 10.6 Å². The zero-order valence-electron chi connectivity index (χ0n) is 9.57. The van der Waals surface area contributed by atoms with Gasteiger partial charge in [0.2, 0.25) is 0 Å². The van der Waals surface area contributed by atoms with Crippen LogP contribution in [0.5, 0.6) is 0 Å². The molecule has 1 aliphatic heterocycles. The third kappa shape index (κ3) is 3.22. The summed E-state index contributed by atoms with van der Waals surface area (Å²) >= 11 is 12.0. The minimum atomic E-state index is 0.570. The molecule has 2 heterocycles. The van der Waals surface area contributed by atoms with Gasteiger partial charge in [-0.1, -0.05) is 23.2 Å².